The van der Waals surface area contributed by atoms with Crippen LogP contribution in [0.25, 0.3) is 0 Å². The molecule has 7 nitrogen and oxygen atoms in total. The minimum Gasteiger partial charge on any atom is -0.356 e. The van der Waals surface area contributed by atoms with Gasteiger partial charge in [-0.15, -0.1) is 0 Å². The van der Waals surface area contributed by atoms with Crippen LogP contribution in [0.3, 0.4) is 0 Å². The molecule has 166 valence electrons. The summed E-state index contributed by atoms with van der Waals surface area (Å²) < 4.78 is 0. The van der Waals surface area contributed by atoms with Crippen LogP contribution >= 0.6 is 0 Å². The number of carbonyl (C=O) groups excluding carboxylic acids is 3. The first-order chi connectivity index (χ1) is 14.4. The molecular formula is C23H36N4O3. The van der Waals surface area contributed by atoms with Gasteiger partial charge in [0.15, 0.2) is 0 Å². The first-order valence-corrected chi connectivity index (χ1v) is 11.0. The van der Waals surface area contributed by atoms with Gasteiger partial charge in [-0.2, -0.15) is 0 Å². The molecule has 1 aromatic rings. The van der Waals surface area contributed by atoms with Crippen LogP contribution in [0.15, 0.2) is 30.3 Å². The minimum atomic E-state index is -0.202. The van der Waals surface area contributed by atoms with Crippen LogP contribution in [0.2, 0.25) is 0 Å². The average Bonchev–Trinajstić information content (AvgIpc) is 2.74. The quantitative estimate of drug-likeness (QED) is 0.608. The zero-order valence-corrected chi connectivity index (χ0v) is 18.5. The fourth-order valence-electron chi connectivity index (χ4n) is 3.69. The van der Waals surface area contributed by atoms with Crippen LogP contribution < -0.4 is 10.6 Å². The van der Waals surface area contributed by atoms with E-state index in [0.717, 1.165) is 31.2 Å². The number of amides is 4. The molecule has 2 unspecified atom stereocenters. The summed E-state index contributed by atoms with van der Waals surface area (Å²) in [6.07, 6.45) is 3.88. The number of hydrogen-bond acceptors (Lipinski definition) is 3. The van der Waals surface area contributed by atoms with Crippen molar-refractivity contribution < 1.29 is 14.4 Å². The zero-order chi connectivity index (χ0) is 21.9. The van der Waals surface area contributed by atoms with E-state index in [1.165, 1.54) is 0 Å². The van der Waals surface area contributed by atoms with Crippen molar-refractivity contribution in [2.45, 2.75) is 58.5 Å². The van der Waals surface area contributed by atoms with Gasteiger partial charge >= 0.3 is 6.03 Å². The van der Waals surface area contributed by atoms with E-state index in [9.17, 15) is 14.4 Å². The summed E-state index contributed by atoms with van der Waals surface area (Å²) in [4.78, 5) is 40.7. The standard InChI is InChI=1S/C23H36N4O3/c1-4-5-14-24-22(29)20-12-11-18(2)27(17-20)21(28)13-15-25-23(30)26(3)16-19-9-7-6-8-10-19/h6-10,18,20H,4-5,11-17H2,1-3H3,(H,24,29)(H,25,30). The third-order valence-corrected chi connectivity index (χ3v) is 5.63. The van der Waals surface area contributed by atoms with E-state index in [-0.39, 0.29) is 42.8 Å². The van der Waals surface area contributed by atoms with Crippen molar-refractivity contribution in [2.75, 3.05) is 26.7 Å². The highest BCUT2D eigenvalue weighted by molar-refractivity contribution is 5.82. The highest BCUT2D eigenvalue weighted by Gasteiger charge is 2.32. The molecule has 1 fully saturated rings. The van der Waals surface area contributed by atoms with E-state index in [1.807, 2.05) is 37.3 Å². The maximum atomic E-state index is 12.7. The molecule has 4 amide bonds. The Morgan fingerprint density at radius 1 is 1.10 bits per heavy atom. The predicted molar refractivity (Wildman–Crippen MR) is 118 cm³/mol. The molecule has 0 radical (unpaired) electrons. The number of piperidine rings is 1. The fourth-order valence-corrected chi connectivity index (χ4v) is 3.69. The third kappa shape index (κ3) is 7.35. The lowest BCUT2D eigenvalue weighted by molar-refractivity contribution is -0.138. The van der Waals surface area contributed by atoms with E-state index >= 15 is 0 Å². The van der Waals surface area contributed by atoms with Gasteiger partial charge in [0, 0.05) is 45.7 Å². The smallest absolute Gasteiger partial charge is 0.317 e. The number of hydrogen-bond donors (Lipinski definition) is 2. The second-order valence-electron chi connectivity index (χ2n) is 8.14. The Morgan fingerprint density at radius 2 is 1.83 bits per heavy atom. The summed E-state index contributed by atoms with van der Waals surface area (Å²) >= 11 is 0. The van der Waals surface area contributed by atoms with Gasteiger partial charge in [0.2, 0.25) is 11.8 Å². The van der Waals surface area contributed by atoms with Crippen molar-refractivity contribution in [3.63, 3.8) is 0 Å². The molecule has 1 aliphatic rings. The summed E-state index contributed by atoms with van der Waals surface area (Å²) in [5.74, 6) is -0.114. The van der Waals surface area contributed by atoms with Crippen molar-refractivity contribution in [3.05, 3.63) is 35.9 Å². The number of benzene rings is 1. The maximum Gasteiger partial charge on any atom is 0.317 e. The predicted octanol–water partition coefficient (Wildman–Crippen LogP) is 2.76. The molecule has 0 saturated carbocycles. The summed E-state index contributed by atoms with van der Waals surface area (Å²) in [6, 6.07) is 9.68. The molecule has 1 heterocycles. The Bertz CT molecular complexity index is 695. The average molecular weight is 417 g/mol. The van der Waals surface area contributed by atoms with Gasteiger partial charge in [-0.1, -0.05) is 43.7 Å². The summed E-state index contributed by atoms with van der Waals surface area (Å²) in [5, 5.41) is 5.79. The fraction of sp³-hybridized carbons (Fsp3) is 0.609. The Balaban J connectivity index is 1.75. The van der Waals surface area contributed by atoms with Crippen molar-refractivity contribution in [3.8, 4) is 0 Å². The number of unbranched alkanes of at least 4 members (excludes halogenated alkanes) is 1. The number of carbonyl (C=O) groups is 3. The van der Waals surface area contributed by atoms with Crippen LogP contribution in [0, 0.1) is 5.92 Å². The highest BCUT2D eigenvalue weighted by Crippen LogP contribution is 2.22. The number of nitrogens with zero attached hydrogens (tertiary/aromatic N) is 2. The normalized spacial score (nSPS) is 18.6. The Morgan fingerprint density at radius 3 is 2.53 bits per heavy atom. The van der Waals surface area contributed by atoms with E-state index in [0.29, 0.717) is 19.6 Å². The summed E-state index contributed by atoms with van der Waals surface area (Å²) in [5.41, 5.74) is 1.05. The van der Waals surface area contributed by atoms with Crippen LogP contribution in [0.1, 0.15) is 51.5 Å². The summed E-state index contributed by atoms with van der Waals surface area (Å²) in [6.45, 7) is 6.06. The molecule has 7 heteroatoms. The molecule has 1 aromatic carbocycles. The molecule has 2 N–H and O–H groups in total. The van der Waals surface area contributed by atoms with Gasteiger partial charge < -0.3 is 20.4 Å². The van der Waals surface area contributed by atoms with Crippen molar-refractivity contribution in [1.29, 1.82) is 0 Å². The molecule has 0 aliphatic carbocycles. The lowest BCUT2D eigenvalue weighted by Gasteiger charge is -2.37. The van der Waals surface area contributed by atoms with Crippen LogP contribution in [-0.4, -0.2) is 60.4 Å². The van der Waals surface area contributed by atoms with Crippen molar-refractivity contribution >= 4 is 17.8 Å². The third-order valence-electron chi connectivity index (χ3n) is 5.63. The first kappa shape index (κ1) is 23.7. The van der Waals surface area contributed by atoms with Crippen molar-refractivity contribution in [2.24, 2.45) is 5.92 Å². The van der Waals surface area contributed by atoms with E-state index < -0.39 is 0 Å². The monoisotopic (exact) mass is 416 g/mol. The first-order valence-electron chi connectivity index (χ1n) is 11.0. The molecule has 1 saturated heterocycles. The Hall–Kier alpha value is -2.57. The van der Waals surface area contributed by atoms with E-state index in [4.69, 9.17) is 0 Å². The molecule has 0 bridgehead atoms. The van der Waals surface area contributed by atoms with Crippen LogP contribution in [0.4, 0.5) is 4.79 Å². The maximum absolute atomic E-state index is 12.7. The lowest BCUT2D eigenvalue weighted by atomic mass is 9.92. The van der Waals surface area contributed by atoms with Crippen LogP contribution in [0.5, 0.6) is 0 Å². The van der Waals surface area contributed by atoms with Gasteiger partial charge in [0.1, 0.15) is 0 Å². The van der Waals surface area contributed by atoms with Gasteiger partial charge in [-0.25, -0.2) is 4.79 Å². The van der Waals surface area contributed by atoms with E-state index in [1.54, 1.807) is 16.8 Å². The van der Waals surface area contributed by atoms with Crippen molar-refractivity contribution in [1.82, 2.24) is 20.4 Å². The van der Waals surface area contributed by atoms with E-state index in [2.05, 4.69) is 17.6 Å². The minimum absolute atomic E-state index is 0.0143. The largest absolute Gasteiger partial charge is 0.356 e. The zero-order valence-electron chi connectivity index (χ0n) is 18.5. The second-order valence-corrected chi connectivity index (χ2v) is 8.14. The van der Waals surface area contributed by atoms with Crippen LogP contribution in [-0.2, 0) is 16.1 Å². The second kappa shape index (κ2) is 12.2. The van der Waals surface area contributed by atoms with Gasteiger partial charge in [0.05, 0.1) is 5.92 Å². The van der Waals surface area contributed by atoms with Gasteiger partial charge in [0.25, 0.3) is 0 Å². The SMILES string of the molecule is CCCCNC(=O)C1CCC(C)N(C(=O)CCNC(=O)N(C)Cc2ccccc2)C1. The number of nitrogens with one attached hydrogen (secondary N) is 2. The number of urea groups is 1. The number of likely N-dealkylation sites (tertiary alicyclic amines) is 1. The molecule has 0 spiro atoms. The molecule has 2 atom stereocenters. The topological polar surface area (TPSA) is 81.8 Å². The molecule has 0 aromatic heterocycles. The molecule has 30 heavy (non-hydrogen) atoms. The summed E-state index contributed by atoms with van der Waals surface area (Å²) in [7, 11) is 1.73. The van der Waals surface area contributed by atoms with Gasteiger partial charge in [-0.05, 0) is 31.7 Å². The lowest BCUT2D eigenvalue weighted by Crippen LogP contribution is -2.50. The highest BCUT2D eigenvalue weighted by atomic mass is 16.2. The molecular weight excluding hydrogens is 380 g/mol. The Labute approximate surface area is 180 Å². The molecule has 2 rings (SSSR count). The number of rotatable bonds is 9. The Kier molecular flexibility index (Phi) is 9.64. The van der Waals surface area contributed by atoms with Gasteiger partial charge in [-0.3, -0.25) is 9.59 Å². The molecule has 1 aliphatic heterocycles.